The summed E-state index contributed by atoms with van der Waals surface area (Å²) in [7, 11) is 0. The summed E-state index contributed by atoms with van der Waals surface area (Å²) in [6.45, 7) is 2.24. The third-order valence-corrected chi connectivity index (χ3v) is 7.55. The summed E-state index contributed by atoms with van der Waals surface area (Å²) in [6.07, 6.45) is 10.8. The Labute approximate surface area is 137 Å². The summed E-state index contributed by atoms with van der Waals surface area (Å²) in [5, 5.41) is 11.3. The first kappa shape index (κ1) is 15.0. The monoisotopic (exact) mass is 320 g/mol. The van der Waals surface area contributed by atoms with Crippen LogP contribution in [0, 0.1) is 29.1 Å². The van der Waals surface area contributed by atoms with Crippen molar-refractivity contribution in [3.05, 3.63) is 22.8 Å². The van der Waals surface area contributed by atoms with Gasteiger partial charge >= 0.3 is 0 Å². The van der Waals surface area contributed by atoms with Gasteiger partial charge in [0.05, 0.1) is 6.10 Å². The van der Waals surface area contributed by atoms with Crippen LogP contribution in [0.1, 0.15) is 51.9 Å². The van der Waals surface area contributed by atoms with E-state index >= 15 is 0 Å². The lowest BCUT2D eigenvalue weighted by Gasteiger charge is -2.57. The predicted molar refractivity (Wildman–Crippen MR) is 87.4 cm³/mol. The van der Waals surface area contributed by atoms with E-state index < -0.39 is 6.10 Å². The van der Waals surface area contributed by atoms with Gasteiger partial charge in [-0.1, -0.05) is 30.2 Å². The normalized spacial score (nSPS) is 47.8. The fourth-order valence-electron chi connectivity index (χ4n) is 5.98. The van der Waals surface area contributed by atoms with E-state index in [0.717, 1.165) is 32.1 Å². The van der Waals surface area contributed by atoms with Crippen molar-refractivity contribution in [2.24, 2.45) is 29.1 Å². The second-order valence-electron chi connectivity index (χ2n) is 8.08. The minimum absolute atomic E-state index is 0.0568. The first-order valence-corrected chi connectivity index (χ1v) is 9.15. The van der Waals surface area contributed by atoms with Crippen LogP contribution in [0.5, 0.6) is 0 Å². The Kier molecular flexibility index (Phi) is 3.54. The molecule has 4 rings (SSSR count). The number of fused-ring (bicyclic) bond motifs is 5. The van der Waals surface area contributed by atoms with Crippen LogP contribution in [0.15, 0.2) is 22.8 Å². The molecule has 2 fully saturated rings. The smallest absolute Gasteiger partial charge is 0.155 e. The van der Waals surface area contributed by atoms with Gasteiger partial charge in [0.1, 0.15) is 0 Å². The molecular weight excluding hydrogens is 296 g/mol. The minimum atomic E-state index is -0.487. The highest BCUT2D eigenvalue weighted by molar-refractivity contribution is 6.30. The molecule has 0 radical (unpaired) electrons. The second-order valence-corrected chi connectivity index (χ2v) is 8.51. The summed E-state index contributed by atoms with van der Waals surface area (Å²) in [5.41, 5.74) is 1.37. The van der Waals surface area contributed by atoms with Crippen molar-refractivity contribution in [2.75, 3.05) is 0 Å². The van der Waals surface area contributed by atoms with Gasteiger partial charge in [0, 0.05) is 16.9 Å². The molecule has 0 spiro atoms. The maximum atomic E-state index is 11.7. The zero-order valence-electron chi connectivity index (χ0n) is 13.2. The number of aliphatic hydroxyl groups is 1. The number of hydrogen-bond acceptors (Lipinski definition) is 2. The summed E-state index contributed by atoms with van der Waals surface area (Å²) in [4.78, 5) is 11.7. The number of ketones is 1. The number of halogens is 1. The Balaban J connectivity index is 1.65. The number of carbonyl (C=O) groups excluding carboxylic acids is 1. The molecule has 1 N–H and O–H groups in total. The van der Waals surface area contributed by atoms with Crippen molar-refractivity contribution in [2.45, 2.75) is 58.0 Å². The quantitative estimate of drug-likeness (QED) is 0.725. The van der Waals surface area contributed by atoms with E-state index in [9.17, 15) is 9.90 Å². The summed E-state index contributed by atoms with van der Waals surface area (Å²) < 4.78 is 0. The molecule has 4 aliphatic carbocycles. The van der Waals surface area contributed by atoms with Crippen molar-refractivity contribution in [1.82, 2.24) is 0 Å². The van der Waals surface area contributed by atoms with Gasteiger partial charge < -0.3 is 5.11 Å². The number of carbonyl (C=O) groups is 1. The second kappa shape index (κ2) is 5.21. The van der Waals surface area contributed by atoms with Crippen molar-refractivity contribution < 1.29 is 9.90 Å². The lowest BCUT2D eigenvalue weighted by atomic mass is 9.49. The van der Waals surface area contributed by atoms with E-state index in [4.69, 9.17) is 11.6 Å². The first-order chi connectivity index (χ1) is 10.5. The Bertz CT molecular complexity index is 564. The average molecular weight is 321 g/mol. The van der Waals surface area contributed by atoms with Crippen LogP contribution < -0.4 is 0 Å². The highest BCUT2D eigenvalue weighted by Gasteiger charge is 2.54. The van der Waals surface area contributed by atoms with Gasteiger partial charge in [0.15, 0.2) is 5.78 Å². The summed E-state index contributed by atoms with van der Waals surface area (Å²) in [5.74, 6) is 2.89. The molecule has 3 heteroatoms. The van der Waals surface area contributed by atoms with Gasteiger partial charge in [-0.3, -0.25) is 4.79 Å². The van der Waals surface area contributed by atoms with E-state index in [1.807, 2.05) is 6.08 Å². The highest BCUT2D eigenvalue weighted by Crippen LogP contribution is 2.60. The molecule has 22 heavy (non-hydrogen) atoms. The topological polar surface area (TPSA) is 37.3 Å². The van der Waals surface area contributed by atoms with E-state index in [2.05, 4.69) is 13.0 Å². The molecule has 2 nitrogen and oxygen atoms in total. The average Bonchev–Trinajstić information content (AvgIpc) is 2.51. The third kappa shape index (κ3) is 2.06. The number of aliphatic hydroxyl groups excluding tert-OH is 1. The van der Waals surface area contributed by atoms with Crippen LogP contribution in [0.4, 0.5) is 0 Å². The van der Waals surface area contributed by atoms with Gasteiger partial charge in [-0.25, -0.2) is 0 Å². The first-order valence-electron chi connectivity index (χ1n) is 8.77. The molecule has 0 aromatic heterocycles. The lowest BCUT2D eigenvalue weighted by Crippen LogP contribution is -2.52. The summed E-state index contributed by atoms with van der Waals surface area (Å²) >= 11 is 6.24. The lowest BCUT2D eigenvalue weighted by molar-refractivity contribution is -0.116. The van der Waals surface area contributed by atoms with Crippen LogP contribution in [-0.2, 0) is 4.79 Å². The predicted octanol–water partition coefficient (Wildman–Crippen LogP) is 4.22. The molecule has 120 valence electrons. The van der Waals surface area contributed by atoms with E-state index in [1.54, 1.807) is 0 Å². The standard InChI is InChI=1S/C19H25ClO2/c1-19-9-8-14-13-5-3-12(21)10-11(13)2-4-15(14)16(19)6-7-17(20)18(19)22/h7,10,13-16,18,22H,2-6,8-9H2,1H3/t13-,14+,15+,16-,18-,19-/m0/s1. The van der Waals surface area contributed by atoms with Gasteiger partial charge in [0.2, 0.25) is 0 Å². The molecule has 2 saturated carbocycles. The molecule has 4 aliphatic rings. The number of rotatable bonds is 0. The van der Waals surface area contributed by atoms with Crippen LogP contribution in [0.25, 0.3) is 0 Å². The maximum absolute atomic E-state index is 11.7. The Morgan fingerprint density at radius 3 is 2.86 bits per heavy atom. The molecule has 0 saturated heterocycles. The van der Waals surface area contributed by atoms with Crippen LogP contribution >= 0.6 is 11.6 Å². The Morgan fingerprint density at radius 2 is 2.05 bits per heavy atom. The van der Waals surface area contributed by atoms with Crippen LogP contribution in [0.2, 0.25) is 0 Å². The zero-order valence-corrected chi connectivity index (χ0v) is 14.0. The van der Waals surface area contributed by atoms with E-state index in [-0.39, 0.29) is 5.41 Å². The molecule has 0 aromatic carbocycles. The number of hydrogen-bond donors (Lipinski definition) is 1. The summed E-state index contributed by atoms with van der Waals surface area (Å²) in [6, 6.07) is 0. The van der Waals surface area contributed by atoms with E-state index in [1.165, 1.54) is 18.4 Å². The minimum Gasteiger partial charge on any atom is -0.387 e. The molecule has 0 aliphatic heterocycles. The maximum Gasteiger partial charge on any atom is 0.155 e. The van der Waals surface area contributed by atoms with Crippen molar-refractivity contribution in [3.63, 3.8) is 0 Å². The number of allylic oxidation sites excluding steroid dienone is 3. The SMILES string of the molecule is C[C@]12CC[C@H]3[C@@H](CCC4=CC(=O)CC[C@@H]43)[C@@H]1CC=C(Cl)[C@@H]2O. The molecule has 0 unspecified atom stereocenters. The fourth-order valence-corrected chi connectivity index (χ4v) is 6.32. The zero-order chi connectivity index (χ0) is 15.5. The van der Waals surface area contributed by atoms with Gasteiger partial charge in [-0.2, -0.15) is 0 Å². The largest absolute Gasteiger partial charge is 0.387 e. The highest BCUT2D eigenvalue weighted by atomic mass is 35.5. The Morgan fingerprint density at radius 1 is 1.23 bits per heavy atom. The van der Waals surface area contributed by atoms with Crippen LogP contribution in [0.3, 0.4) is 0 Å². The van der Waals surface area contributed by atoms with Crippen molar-refractivity contribution >= 4 is 17.4 Å². The molecule has 0 heterocycles. The van der Waals surface area contributed by atoms with Gasteiger partial charge in [-0.05, 0) is 68.3 Å². The Hall–Kier alpha value is -0.600. The van der Waals surface area contributed by atoms with Gasteiger partial charge in [-0.15, -0.1) is 0 Å². The molecule has 0 aromatic rings. The fraction of sp³-hybridized carbons (Fsp3) is 0.737. The van der Waals surface area contributed by atoms with Crippen molar-refractivity contribution in [3.8, 4) is 0 Å². The van der Waals surface area contributed by atoms with E-state index in [0.29, 0.717) is 34.5 Å². The van der Waals surface area contributed by atoms with Crippen LogP contribution in [-0.4, -0.2) is 17.0 Å². The molecule has 0 amide bonds. The molecule has 6 atom stereocenters. The van der Waals surface area contributed by atoms with Crippen molar-refractivity contribution in [1.29, 1.82) is 0 Å². The third-order valence-electron chi connectivity index (χ3n) is 7.19. The molecular formula is C19H25ClO2. The molecule has 0 bridgehead atoms. The van der Waals surface area contributed by atoms with Gasteiger partial charge in [0.25, 0.3) is 0 Å².